The average Bonchev–Trinajstić information content (AvgIpc) is 2.75. The summed E-state index contributed by atoms with van der Waals surface area (Å²) < 4.78 is 11.8. The normalized spacial score (nSPS) is 14.7. The van der Waals surface area contributed by atoms with Crippen molar-refractivity contribution in [2.24, 2.45) is 5.73 Å². The third-order valence-electron chi connectivity index (χ3n) is 5.42. The van der Waals surface area contributed by atoms with Gasteiger partial charge in [0.15, 0.2) is 11.5 Å². The summed E-state index contributed by atoms with van der Waals surface area (Å²) in [6.07, 6.45) is -0.413. The van der Waals surface area contributed by atoms with Crippen LogP contribution in [-0.4, -0.2) is 47.6 Å². The minimum atomic E-state index is -0.712. The Balaban J connectivity index is 1.82. The van der Waals surface area contributed by atoms with Crippen LogP contribution < -0.4 is 31.5 Å². The summed E-state index contributed by atoms with van der Waals surface area (Å²) in [5.74, 6) is 0.188. The van der Waals surface area contributed by atoms with Crippen LogP contribution in [0, 0.1) is 20.8 Å². The summed E-state index contributed by atoms with van der Waals surface area (Å²) in [5, 5.41) is 1.35. The van der Waals surface area contributed by atoms with Gasteiger partial charge in [-0.2, -0.15) is 0 Å². The molecule has 5 N–H and O–H groups in total. The number of ether oxygens (including phenoxy) is 2. The zero-order valence-electron chi connectivity index (χ0n) is 20.9. The van der Waals surface area contributed by atoms with Crippen molar-refractivity contribution < 1.29 is 23.9 Å². The third kappa shape index (κ3) is 6.21. The number of primary amides is 1. The maximum absolute atomic E-state index is 13.4. The molecule has 4 amide bonds. The van der Waals surface area contributed by atoms with Gasteiger partial charge in [-0.25, -0.2) is 15.2 Å². The van der Waals surface area contributed by atoms with Crippen molar-refractivity contribution in [3.05, 3.63) is 58.1 Å². The minimum absolute atomic E-state index is 0.250. The Morgan fingerprint density at radius 2 is 1.74 bits per heavy atom. The zero-order chi connectivity index (χ0) is 25.9. The molecule has 0 fully saturated rings. The molecule has 35 heavy (non-hydrogen) atoms. The predicted molar refractivity (Wildman–Crippen MR) is 131 cm³/mol. The molecule has 10 heteroatoms. The van der Waals surface area contributed by atoms with Crippen LogP contribution in [-0.2, 0) is 0 Å². The van der Waals surface area contributed by atoms with E-state index in [0.717, 1.165) is 11.1 Å². The monoisotopic (exact) mass is 483 g/mol. The highest BCUT2D eigenvalue weighted by atomic mass is 16.6. The molecule has 1 heterocycles. The summed E-state index contributed by atoms with van der Waals surface area (Å²) in [6.45, 7) is 11.7. The van der Waals surface area contributed by atoms with Gasteiger partial charge in [0.2, 0.25) is 0 Å². The average molecular weight is 484 g/mol. The number of hydrazine groups is 2. The molecule has 0 saturated heterocycles. The first kappa shape index (κ1) is 25.8. The Morgan fingerprint density at radius 3 is 2.34 bits per heavy atom. The number of nitrogens with two attached hydrogens (primary N) is 1. The Hall–Kier alpha value is -3.79. The van der Waals surface area contributed by atoms with E-state index in [9.17, 15) is 14.4 Å². The van der Waals surface area contributed by atoms with Crippen molar-refractivity contribution in [1.29, 1.82) is 0 Å². The molecule has 2 aromatic rings. The maximum Gasteiger partial charge on any atom is 0.326 e. The molecule has 0 radical (unpaired) electrons. The van der Waals surface area contributed by atoms with Gasteiger partial charge in [-0.05, 0) is 65.8 Å². The fourth-order valence-electron chi connectivity index (χ4n) is 3.82. The van der Waals surface area contributed by atoms with Gasteiger partial charge in [0.1, 0.15) is 12.7 Å². The number of fused-ring (bicyclic) bond motifs is 1. The molecule has 10 nitrogen and oxygen atoms in total. The molecular weight excluding hydrogens is 450 g/mol. The van der Waals surface area contributed by atoms with Gasteiger partial charge in [0.25, 0.3) is 11.8 Å². The molecule has 188 valence electrons. The van der Waals surface area contributed by atoms with Gasteiger partial charge in [0, 0.05) is 16.7 Å². The van der Waals surface area contributed by atoms with E-state index in [1.54, 1.807) is 31.2 Å². The first-order valence-electron chi connectivity index (χ1n) is 11.3. The van der Waals surface area contributed by atoms with Gasteiger partial charge in [0.05, 0.1) is 12.1 Å². The molecule has 0 aromatic heterocycles. The molecule has 3 rings (SSSR count). The molecule has 0 aliphatic carbocycles. The predicted octanol–water partition coefficient (Wildman–Crippen LogP) is 2.51. The lowest BCUT2D eigenvalue weighted by Crippen LogP contribution is -2.56. The van der Waals surface area contributed by atoms with Gasteiger partial charge >= 0.3 is 6.03 Å². The number of amides is 4. The van der Waals surface area contributed by atoms with Crippen molar-refractivity contribution in [3.63, 3.8) is 0 Å². The lowest BCUT2D eigenvalue weighted by molar-refractivity contribution is 0.0357. The van der Waals surface area contributed by atoms with Crippen molar-refractivity contribution >= 4 is 17.8 Å². The smallest absolute Gasteiger partial charge is 0.326 e. The number of rotatable bonds is 5. The fraction of sp³-hybridized carbons (Fsp3) is 0.400. The van der Waals surface area contributed by atoms with Crippen LogP contribution in [0.1, 0.15) is 58.2 Å². The van der Waals surface area contributed by atoms with E-state index in [2.05, 4.69) is 16.3 Å². The number of carbonyl (C=O) groups excluding carboxylic acids is 3. The first-order chi connectivity index (χ1) is 16.4. The van der Waals surface area contributed by atoms with Crippen LogP contribution in [0.4, 0.5) is 4.79 Å². The number of aryl methyl sites for hydroxylation is 2. The van der Waals surface area contributed by atoms with E-state index in [4.69, 9.17) is 15.2 Å². The van der Waals surface area contributed by atoms with Crippen LogP contribution in [0.3, 0.4) is 0 Å². The largest absolute Gasteiger partial charge is 0.486 e. The van der Waals surface area contributed by atoms with Gasteiger partial charge < -0.3 is 15.2 Å². The molecule has 0 spiro atoms. The van der Waals surface area contributed by atoms with Gasteiger partial charge in [-0.3, -0.25) is 20.4 Å². The van der Waals surface area contributed by atoms with Crippen molar-refractivity contribution in [3.8, 4) is 11.5 Å². The van der Waals surface area contributed by atoms with Crippen molar-refractivity contribution in [2.45, 2.75) is 53.2 Å². The highest BCUT2D eigenvalue weighted by molar-refractivity contribution is 6.00. The minimum Gasteiger partial charge on any atom is -0.486 e. The molecule has 0 bridgehead atoms. The Labute approximate surface area is 205 Å². The summed E-state index contributed by atoms with van der Waals surface area (Å²) in [4.78, 5) is 37.6. The molecule has 1 unspecified atom stereocenters. The van der Waals surface area contributed by atoms with E-state index >= 15 is 0 Å². The number of nitrogens with one attached hydrogen (secondary N) is 3. The number of urea groups is 1. The quantitative estimate of drug-likeness (QED) is 0.483. The third-order valence-corrected chi connectivity index (χ3v) is 5.42. The number of benzene rings is 2. The van der Waals surface area contributed by atoms with Crippen molar-refractivity contribution in [2.75, 3.05) is 13.2 Å². The van der Waals surface area contributed by atoms with Crippen molar-refractivity contribution in [1.82, 2.24) is 21.3 Å². The molecule has 2 aromatic carbocycles. The lowest BCUT2D eigenvalue weighted by Gasteiger charge is -2.36. The highest BCUT2D eigenvalue weighted by Crippen LogP contribution is 2.37. The summed E-state index contributed by atoms with van der Waals surface area (Å²) in [6, 6.07) is 8.18. The second kappa shape index (κ2) is 10.2. The fourth-order valence-corrected chi connectivity index (χ4v) is 3.82. The number of hydrogen-bond donors (Lipinski definition) is 4. The lowest BCUT2D eigenvalue weighted by atomic mass is 10.0. The molecule has 1 aliphatic heterocycles. The SMILES string of the molecule is Cc1cc(C)cc(C(=O)N(NC(=O)c2ccc3c(c2C)OC(CNNC(N)=O)CO3)C(C)(C)C)c1. The van der Waals surface area contributed by atoms with E-state index in [1.165, 1.54) is 5.01 Å². The molecule has 0 saturated carbocycles. The number of hydrogen-bond acceptors (Lipinski definition) is 6. The Morgan fingerprint density at radius 1 is 1.09 bits per heavy atom. The standard InChI is InChI=1S/C25H33N5O5/c1-14-9-15(2)11-17(10-14)23(32)30(25(4,5)6)29-22(31)19-7-8-20-21(16(19)3)35-18(13-34-20)12-27-28-24(26)33/h7-11,18,27H,12-13H2,1-6H3,(H,29,31)(H3,26,28,33). The molecule has 1 atom stereocenters. The van der Waals surface area contributed by atoms with E-state index in [0.29, 0.717) is 28.2 Å². The van der Waals surface area contributed by atoms with Crippen LogP contribution in [0.2, 0.25) is 0 Å². The Kier molecular flexibility index (Phi) is 7.54. The van der Waals surface area contributed by atoms with E-state index in [1.807, 2.05) is 40.7 Å². The zero-order valence-corrected chi connectivity index (χ0v) is 20.9. The van der Waals surface area contributed by atoms with Crippen LogP contribution >= 0.6 is 0 Å². The maximum atomic E-state index is 13.4. The van der Waals surface area contributed by atoms with E-state index < -0.39 is 23.6 Å². The summed E-state index contributed by atoms with van der Waals surface area (Å²) in [5.41, 5.74) is 15.4. The second-order valence-electron chi connectivity index (χ2n) is 9.62. The molecular formula is C25H33N5O5. The van der Waals surface area contributed by atoms with Gasteiger partial charge in [-0.15, -0.1) is 0 Å². The molecule has 1 aliphatic rings. The summed E-state index contributed by atoms with van der Waals surface area (Å²) >= 11 is 0. The summed E-state index contributed by atoms with van der Waals surface area (Å²) in [7, 11) is 0. The Bertz CT molecular complexity index is 1120. The second-order valence-corrected chi connectivity index (χ2v) is 9.62. The van der Waals surface area contributed by atoms with Crippen LogP contribution in [0.5, 0.6) is 11.5 Å². The van der Waals surface area contributed by atoms with Crippen LogP contribution in [0.25, 0.3) is 0 Å². The van der Waals surface area contributed by atoms with Crippen LogP contribution in [0.15, 0.2) is 30.3 Å². The number of nitrogens with zero attached hydrogens (tertiary/aromatic N) is 1. The first-order valence-corrected chi connectivity index (χ1v) is 11.3. The number of carbonyl (C=O) groups is 3. The van der Waals surface area contributed by atoms with E-state index in [-0.39, 0.29) is 19.1 Å². The topological polar surface area (TPSA) is 135 Å². The van der Waals surface area contributed by atoms with Gasteiger partial charge in [-0.1, -0.05) is 17.2 Å². The highest BCUT2D eigenvalue weighted by Gasteiger charge is 2.31.